The summed E-state index contributed by atoms with van der Waals surface area (Å²) in [5.74, 6) is 0.918. The van der Waals surface area contributed by atoms with E-state index in [4.69, 9.17) is 0 Å². The normalized spacial score (nSPS) is 31.3. The van der Waals surface area contributed by atoms with Crippen molar-refractivity contribution in [3.63, 3.8) is 0 Å². The predicted octanol–water partition coefficient (Wildman–Crippen LogP) is 5.29. The second kappa shape index (κ2) is 7.80. The van der Waals surface area contributed by atoms with Gasteiger partial charge in [-0.15, -0.1) is 0 Å². The molecule has 5 aliphatic rings. The lowest BCUT2D eigenvalue weighted by Gasteiger charge is -2.57. The minimum Gasteiger partial charge on any atom is -0.507 e. The van der Waals surface area contributed by atoms with Gasteiger partial charge in [0.1, 0.15) is 11.3 Å². The summed E-state index contributed by atoms with van der Waals surface area (Å²) < 4.78 is 0.689. The Labute approximate surface area is 206 Å². The van der Waals surface area contributed by atoms with Crippen LogP contribution in [0.5, 0.6) is 5.75 Å². The van der Waals surface area contributed by atoms with Gasteiger partial charge in [0, 0.05) is 10.0 Å². The van der Waals surface area contributed by atoms with Gasteiger partial charge in [-0.25, -0.2) is 9.69 Å². The number of carbonyl (C=O) groups is 3. The van der Waals surface area contributed by atoms with Crippen molar-refractivity contribution in [1.82, 2.24) is 5.32 Å². The molecule has 174 valence electrons. The van der Waals surface area contributed by atoms with Gasteiger partial charge in [-0.3, -0.25) is 14.9 Å². The van der Waals surface area contributed by atoms with Crippen LogP contribution < -0.4 is 10.2 Å². The van der Waals surface area contributed by atoms with Gasteiger partial charge < -0.3 is 5.11 Å². The average Bonchev–Trinajstić information content (AvgIpc) is 2.78. The molecule has 1 saturated heterocycles. The highest BCUT2D eigenvalue weighted by atomic mass is 79.9. The zero-order valence-electron chi connectivity index (χ0n) is 18.6. The number of benzene rings is 2. The third-order valence-corrected chi connectivity index (χ3v) is 8.66. The van der Waals surface area contributed by atoms with Crippen molar-refractivity contribution in [3.8, 4) is 5.75 Å². The zero-order valence-corrected chi connectivity index (χ0v) is 20.2. The number of urea groups is 1. The van der Waals surface area contributed by atoms with Crippen molar-refractivity contribution < 1.29 is 19.5 Å². The van der Waals surface area contributed by atoms with Crippen LogP contribution in [0.25, 0.3) is 6.08 Å². The first-order valence-corrected chi connectivity index (χ1v) is 12.6. The third-order valence-electron chi connectivity index (χ3n) is 8.17. The Hall–Kier alpha value is -2.93. The number of barbiturate groups is 1. The molecule has 0 radical (unpaired) electrons. The molecule has 4 aliphatic carbocycles. The number of nitrogens with zero attached hydrogens (tertiary/aromatic N) is 1. The van der Waals surface area contributed by atoms with E-state index in [0.29, 0.717) is 15.7 Å². The molecule has 0 aromatic heterocycles. The molecule has 7 rings (SSSR count). The number of aromatic hydroxyl groups is 1. The minimum absolute atomic E-state index is 0.0697. The minimum atomic E-state index is -0.782. The fourth-order valence-electron chi connectivity index (χ4n) is 7.12. The maximum Gasteiger partial charge on any atom is 0.335 e. The lowest BCUT2D eigenvalue weighted by atomic mass is 9.48. The van der Waals surface area contributed by atoms with E-state index < -0.39 is 17.8 Å². The number of amides is 4. The smallest absolute Gasteiger partial charge is 0.335 e. The molecule has 0 atom stereocenters. The van der Waals surface area contributed by atoms with E-state index in [0.717, 1.165) is 22.7 Å². The maximum atomic E-state index is 13.2. The Morgan fingerprint density at radius 3 is 2.18 bits per heavy atom. The van der Waals surface area contributed by atoms with E-state index in [2.05, 4.69) is 33.4 Å². The lowest BCUT2D eigenvalue weighted by molar-refractivity contribution is -0.122. The van der Waals surface area contributed by atoms with Gasteiger partial charge in [0.05, 0.1) is 5.69 Å². The molecule has 34 heavy (non-hydrogen) atoms. The summed E-state index contributed by atoms with van der Waals surface area (Å²) in [7, 11) is 0. The van der Waals surface area contributed by atoms with Gasteiger partial charge in [0.15, 0.2) is 0 Å². The van der Waals surface area contributed by atoms with Crippen molar-refractivity contribution in [3.05, 3.63) is 63.6 Å². The number of rotatable bonds is 3. The van der Waals surface area contributed by atoms with E-state index in [9.17, 15) is 19.5 Å². The number of anilines is 1. The number of hydrogen-bond donors (Lipinski definition) is 2. The van der Waals surface area contributed by atoms with Crippen molar-refractivity contribution in [1.29, 1.82) is 0 Å². The highest BCUT2D eigenvalue weighted by Crippen LogP contribution is 2.60. The lowest BCUT2D eigenvalue weighted by Crippen LogP contribution is -2.54. The average molecular weight is 521 g/mol. The quantitative estimate of drug-likeness (QED) is 0.425. The first-order chi connectivity index (χ1) is 16.3. The molecular formula is C27H25BrN2O4. The first kappa shape index (κ1) is 21.6. The van der Waals surface area contributed by atoms with Gasteiger partial charge in [-0.2, -0.15) is 0 Å². The summed E-state index contributed by atoms with van der Waals surface area (Å²) in [5, 5.41) is 12.4. The first-order valence-electron chi connectivity index (χ1n) is 11.8. The summed E-state index contributed by atoms with van der Waals surface area (Å²) in [4.78, 5) is 39.3. The Balaban J connectivity index is 1.31. The Morgan fingerprint density at radius 1 is 0.941 bits per heavy atom. The van der Waals surface area contributed by atoms with E-state index in [-0.39, 0.29) is 16.7 Å². The molecule has 0 unspecified atom stereocenters. The fraction of sp³-hybridized carbons (Fsp3) is 0.370. The maximum absolute atomic E-state index is 13.2. The molecular weight excluding hydrogens is 496 g/mol. The van der Waals surface area contributed by atoms with Crippen LogP contribution in [0, 0.1) is 17.8 Å². The van der Waals surface area contributed by atoms with E-state index in [1.165, 1.54) is 56.2 Å². The number of phenolic OH excluding ortho intramolecular Hbond substituents is 1. The van der Waals surface area contributed by atoms with Gasteiger partial charge in [0.25, 0.3) is 11.8 Å². The summed E-state index contributed by atoms with van der Waals surface area (Å²) in [5.41, 5.74) is 2.04. The largest absolute Gasteiger partial charge is 0.507 e. The molecule has 2 N–H and O–H groups in total. The fourth-order valence-corrected chi connectivity index (χ4v) is 7.50. The summed E-state index contributed by atoms with van der Waals surface area (Å²) >= 11 is 3.32. The van der Waals surface area contributed by atoms with Crippen LogP contribution in [0.3, 0.4) is 0 Å². The van der Waals surface area contributed by atoms with Crippen LogP contribution in [-0.2, 0) is 15.0 Å². The van der Waals surface area contributed by atoms with E-state index in [1.54, 1.807) is 12.1 Å². The highest BCUT2D eigenvalue weighted by Gasteiger charge is 2.51. The molecule has 4 amide bonds. The van der Waals surface area contributed by atoms with Crippen LogP contribution >= 0.6 is 15.9 Å². The Morgan fingerprint density at radius 2 is 1.56 bits per heavy atom. The van der Waals surface area contributed by atoms with Crippen LogP contribution in [0.15, 0.2) is 52.5 Å². The molecule has 4 saturated carbocycles. The molecule has 6 nitrogen and oxygen atoms in total. The highest BCUT2D eigenvalue weighted by molar-refractivity contribution is 9.10. The number of imide groups is 2. The molecule has 0 spiro atoms. The van der Waals surface area contributed by atoms with Crippen LogP contribution in [0.4, 0.5) is 10.5 Å². The zero-order chi connectivity index (χ0) is 23.6. The summed E-state index contributed by atoms with van der Waals surface area (Å²) in [6.45, 7) is 0. The number of phenols is 1. The van der Waals surface area contributed by atoms with E-state index >= 15 is 0 Å². The van der Waals surface area contributed by atoms with Crippen molar-refractivity contribution >= 4 is 45.5 Å². The number of nitrogens with one attached hydrogen (secondary N) is 1. The second-order valence-corrected chi connectivity index (χ2v) is 11.3. The SMILES string of the molecule is O=C1NC(=O)N(c2ccc(C34CC5CC(CC(C5)C3)C4)cc2)C(=O)/C1=C/c1cc(Br)ccc1O. The number of carbonyl (C=O) groups excluding carboxylic acids is 3. The van der Waals surface area contributed by atoms with Crippen LogP contribution in [-0.4, -0.2) is 23.0 Å². The third kappa shape index (κ3) is 3.49. The van der Waals surface area contributed by atoms with Crippen LogP contribution in [0.1, 0.15) is 49.7 Å². The van der Waals surface area contributed by atoms with Gasteiger partial charge in [-0.1, -0.05) is 28.1 Å². The molecule has 2 aromatic carbocycles. The molecule has 5 fully saturated rings. The van der Waals surface area contributed by atoms with Crippen molar-refractivity contribution in [2.45, 2.75) is 43.9 Å². The van der Waals surface area contributed by atoms with Crippen molar-refractivity contribution in [2.24, 2.45) is 17.8 Å². The van der Waals surface area contributed by atoms with E-state index in [1.807, 2.05) is 12.1 Å². The monoisotopic (exact) mass is 520 g/mol. The predicted molar refractivity (Wildman–Crippen MR) is 131 cm³/mol. The topological polar surface area (TPSA) is 86.7 Å². The summed E-state index contributed by atoms with van der Waals surface area (Å²) in [6, 6.07) is 11.7. The second-order valence-electron chi connectivity index (χ2n) is 10.4. The molecule has 1 aliphatic heterocycles. The van der Waals surface area contributed by atoms with Gasteiger partial charge in [0.2, 0.25) is 0 Å². The van der Waals surface area contributed by atoms with Crippen molar-refractivity contribution in [2.75, 3.05) is 4.90 Å². The summed E-state index contributed by atoms with van der Waals surface area (Å²) in [6.07, 6.45) is 9.13. The molecule has 2 aromatic rings. The molecule has 4 bridgehead atoms. The number of halogens is 1. The Kier molecular flexibility index (Phi) is 4.96. The number of hydrogen-bond acceptors (Lipinski definition) is 4. The molecule has 7 heteroatoms. The van der Waals surface area contributed by atoms with Gasteiger partial charge in [-0.05, 0) is 104 Å². The molecule has 1 heterocycles. The Bertz CT molecular complexity index is 1210. The van der Waals surface area contributed by atoms with Gasteiger partial charge >= 0.3 is 6.03 Å². The van der Waals surface area contributed by atoms with Crippen LogP contribution in [0.2, 0.25) is 0 Å². The standard InChI is InChI=1S/C27H25BrN2O4/c28-20-3-6-23(31)18(10-20)11-22-24(32)29-26(34)30(25(22)33)21-4-1-19(2-5-21)27-12-15-7-16(13-27)9-17(8-15)14-27/h1-6,10-11,15-17,31H,7-9,12-14H2,(H,29,32,34)/b22-11+.